The molecule has 0 unspecified atom stereocenters. The van der Waals surface area contributed by atoms with Gasteiger partial charge in [-0.3, -0.25) is 4.79 Å². The lowest BCUT2D eigenvalue weighted by atomic mass is 9.90. The number of ether oxygens (including phenoxy) is 1. The molecule has 1 aliphatic rings. The average molecular weight is 353 g/mol. The van der Waals surface area contributed by atoms with Crippen molar-refractivity contribution in [2.24, 2.45) is 11.0 Å². The van der Waals surface area contributed by atoms with Crippen molar-refractivity contribution in [1.29, 1.82) is 0 Å². The van der Waals surface area contributed by atoms with Gasteiger partial charge in [0.15, 0.2) is 6.10 Å². The van der Waals surface area contributed by atoms with Gasteiger partial charge in [0.2, 0.25) is 0 Å². The summed E-state index contributed by atoms with van der Waals surface area (Å²) in [5, 5.41) is 4.22. The normalized spacial score (nSPS) is 19.8. The highest BCUT2D eigenvalue weighted by Gasteiger charge is 2.16. The minimum Gasteiger partial charge on any atom is -0.481 e. The Bertz CT molecular complexity index is 504. The molecule has 0 aliphatic heterocycles. The zero-order valence-electron chi connectivity index (χ0n) is 12.4. The van der Waals surface area contributed by atoms with Crippen molar-refractivity contribution in [2.45, 2.75) is 45.6 Å². The molecule has 0 bridgehead atoms. The molecule has 1 aromatic carbocycles. The first-order chi connectivity index (χ1) is 10.0. The van der Waals surface area contributed by atoms with Crippen LogP contribution in [0, 0.1) is 5.92 Å². The fourth-order valence-electron chi connectivity index (χ4n) is 2.20. The Hall–Kier alpha value is -1.36. The SMILES string of the molecule is CC1CCC(=NNC(=O)[C@@H](C)Oc2ccc(Br)cc2)CC1. The van der Waals surface area contributed by atoms with Crippen molar-refractivity contribution >= 4 is 27.5 Å². The summed E-state index contributed by atoms with van der Waals surface area (Å²) in [6, 6.07) is 7.40. The van der Waals surface area contributed by atoms with Gasteiger partial charge in [-0.2, -0.15) is 5.10 Å². The lowest BCUT2D eigenvalue weighted by Gasteiger charge is -2.19. The Kier molecular flexibility index (Phi) is 5.79. The van der Waals surface area contributed by atoms with Crippen LogP contribution >= 0.6 is 15.9 Å². The minimum absolute atomic E-state index is 0.218. The highest BCUT2D eigenvalue weighted by Crippen LogP contribution is 2.21. The maximum absolute atomic E-state index is 12.0. The molecule has 1 amide bonds. The van der Waals surface area contributed by atoms with Crippen molar-refractivity contribution in [3.8, 4) is 5.75 Å². The second-order valence-corrected chi connectivity index (χ2v) is 6.47. The number of hydrazone groups is 1. The molecule has 0 radical (unpaired) electrons. The van der Waals surface area contributed by atoms with Crippen LogP contribution in [0.15, 0.2) is 33.8 Å². The molecule has 1 atom stereocenters. The predicted molar refractivity (Wildman–Crippen MR) is 87.4 cm³/mol. The van der Waals surface area contributed by atoms with Gasteiger partial charge in [0.25, 0.3) is 5.91 Å². The van der Waals surface area contributed by atoms with E-state index in [-0.39, 0.29) is 5.91 Å². The first kappa shape index (κ1) is 16.0. The summed E-state index contributed by atoms with van der Waals surface area (Å²) in [5.41, 5.74) is 3.69. The Labute approximate surface area is 134 Å². The molecule has 21 heavy (non-hydrogen) atoms. The van der Waals surface area contributed by atoms with E-state index in [0.717, 1.165) is 41.8 Å². The lowest BCUT2D eigenvalue weighted by Crippen LogP contribution is -2.34. The fourth-order valence-corrected chi connectivity index (χ4v) is 2.47. The van der Waals surface area contributed by atoms with E-state index in [4.69, 9.17) is 4.74 Å². The number of carbonyl (C=O) groups excluding carboxylic acids is 1. The number of amides is 1. The Morgan fingerprint density at radius 3 is 2.57 bits per heavy atom. The quantitative estimate of drug-likeness (QED) is 0.835. The maximum atomic E-state index is 12.0. The van der Waals surface area contributed by atoms with Crippen LogP contribution in [0.25, 0.3) is 0 Å². The van der Waals surface area contributed by atoms with Crippen LogP contribution in [0.3, 0.4) is 0 Å². The van der Waals surface area contributed by atoms with Gasteiger partial charge in [0.05, 0.1) is 0 Å². The molecule has 0 heterocycles. The second-order valence-electron chi connectivity index (χ2n) is 5.55. The van der Waals surface area contributed by atoms with E-state index >= 15 is 0 Å². The monoisotopic (exact) mass is 352 g/mol. The van der Waals surface area contributed by atoms with E-state index in [9.17, 15) is 4.79 Å². The van der Waals surface area contributed by atoms with Gasteiger partial charge in [-0.1, -0.05) is 22.9 Å². The molecule has 1 aromatic rings. The largest absolute Gasteiger partial charge is 0.481 e. The maximum Gasteiger partial charge on any atom is 0.280 e. The van der Waals surface area contributed by atoms with Gasteiger partial charge in [-0.05, 0) is 62.8 Å². The van der Waals surface area contributed by atoms with Gasteiger partial charge < -0.3 is 4.74 Å². The number of halogens is 1. The minimum atomic E-state index is -0.571. The topological polar surface area (TPSA) is 50.7 Å². The Morgan fingerprint density at radius 2 is 1.95 bits per heavy atom. The lowest BCUT2D eigenvalue weighted by molar-refractivity contribution is -0.127. The molecule has 0 saturated heterocycles. The fraction of sp³-hybridized carbons (Fsp3) is 0.500. The van der Waals surface area contributed by atoms with E-state index < -0.39 is 6.10 Å². The Balaban J connectivity index is 1.82. The number of hydrogen-bond donors (Lipinski definition) is 1. The second kappa shape index (κ2) is 7.59. The van der Waals surface area contributed by atoms with Gasteiger partial charge in [0, 0.05) is 10.2 Å². The van der Waals surface area contributed by atoms with Crippen LogP contribution in [-0.2, 0) is 4.79 Å². The molecule has 2 rings (SSSR count). The van der Waals surface area contributed by atoms with Crippen LogP contribution < -0.4 is 10.2 Å². The van der Waals surface area contributed by atoms with E-state index in [1.54, 1.807) is 6.92 Å². The third-order valence-corrected chi connectivity index (χ3v) is 4.20. The molecule has 0 aromatic heterocycles. The molecular weight excluding hydrogens is 332 g/mol. The van der Waals surface area contributed by atoms with Gasteiger partial charge in [0.1, 0.15) is 5.75 Å². The smallest absolute Gasteiger partial charge is 0.280 e. The average Bonchev–Trinajstić information content (AvgIpc) is 2.48. The first-order valence-corrected chi connectivity index (χ1v) is 8.11. The third-order valence-electron chi connectivity index (χ3n) is 3.67. The predicted octanol–water partition coefficient (Wildman–Crippen LogP) is 3.90. The van der Waals surface area contributed by atoms with Crippen molar-refractivity contribution in [2.75, 3.05) is 0 Å². The number of carbonyl (C=O) groups is 1. The highest BCUT2D eigenvalue weighted by molar-refractivity contribution is 9.10. The van der Waals surface area contributed by atoms with E-state index in [2.05, 4.69) is 33.4 Å². The molecule has 1 saturated carbocycles. The molecule has 114 valence electrons. The summed E-state index contributed by atoms with van der Waals surface area (Å²) in [7, 11) is 0. The molecule has 0 spiro atoms. The van der Waals surface area contributed by atoms with Gasteiger partial charge in [-0.25, -0.2) is 5.43 Å². The zero-order valence-corrected chi connectivity index (χ0v) is 14.0. The summed E-state index contributed by atoms with van der Waals surface area (Å²) in [4.78, 5) is 12.0. The van der Waals surface area contributed by atoms with Crippen LogP contribution in [0.5, 0.6) is 5.75 Å². The summed E-state index contributed by atoms with van der Waals surface area (Å²) < 4.78 is 6.56. The molecular formula is C16H21BrN2O2. The third kappa shape index (κ3) is 5.16. The number of rotatable bonds is 4. The van der Waals surface area contributed by atoms with Crippen LogP contribution in [-0.4, -0.2) is 17.7 Å². The number of nitrogens with zero attached hydrogens (tertiary/aromatic N) is 1. The summed E-state index contributed by atoms with van der Waals surface area (Å²) in [6.45, 7) is 3.98. The van der Waals surface area contributed by atoms with Crippen molar-refractivity contribution in [1.82, 2.24) is 5.43 Å². The highest BCUT2D eigenvalue weighted by atomic mass is 79.9. The van der Waals surface area contributed by atoms with E-state index in [1.165, 1.54) is 0 Å². The number of benzene rings is 1. The molecule has 1 fully saturated rings. The number of hydrogen-bond acceptors (Lipinski definition) is 3. The van der Waals surface area contributed by atoms with Gasteiger partial charge in [-0.15, -0.1) is 0 Å². The van der Waals surface area contributed by atoms with E-state index in [1.807, 2.05) is 24.3 Å². The van der Waals surface area contributed by atoms with Gasteiger partial charge >= 0.3 is 0 Å². The summed E-state index contributed by atoms with van der Waals surface area (Å²) in [6.07, 6.45) is 3.68. The van der Waals surface area contributed by atoms with Crippen molar-refractivity contribution in [3.05, 3.63) is 28.7 Å². The molecule has 1 N–H and O–H groups in total. The molecule has 4 nitrogen and oxygen atoms in total. The standard InChI is InChI=1S/C16H21BrN2O2/c1-11-3-7-14(8-4-11)18-19-16(20)12(2)21-15-9-5-13(17)6-10-15/h5-6,9-12H,3-4,7-8H2,1-2H3,(H,19,20)/t11?,12-/m1/s1. The summed E-state index contributed by atoms with van der Waals surface area (Å²) in [5.74, 6) is 1.21. The summed E-state index contributed by atoms with van der Waals surface area (Å²) >= 11 is 3.36. The van der Waals surface area contributed by atoms with Crippen LogP contribution in [0.2, 0.25) is 0 Å². The van der Waals surface area contributed by atoms with E-state index in [0.29, 0.717) is 5.75 Å². The number of nitrogens with one attached hydrogen (secondary N) is 1. The van der Waals surface area contributed by atoms with Crippen LogP contribution in [0.1, 0.15) is 39.5 Å². The van der Waals surface area contributed by atoms with Crippen molar-refractivity contribution < 1.29 is 9.53 Å². The van der Waals surface area contributed by atoms with Crippen LogP contribution in [0.4, 0.5) is 0 Å². The molecule has 1 aliphatic carbocycles. The molecule has 5 heteroatoms. The zero-order chi connectivity index (χ0) is 15.2. The Morgan fingerprint density at radius 1 is 1.33 bits per heavy atom. The first-order valence-electron chi connectivity index (χ1n) is 7.32. The van der Waals surface area contributed by atoms with Crippen molar-refractivity contribution in [3.63, 3.8) is 0 Å².